The van der Waals surface area contributed by atoms with E-state index in [0.29, 0.717) is 27.1 Å². The number of carbonyl (C=O) groups excluding carboxylic acids is 1. The number of hydrogen-bond donors (Lipinski definition) is 2. The van der Waals surface area contributed by atoms with Gasteiger partial charge in [-0.15, -0.1) is 5.10 Å². The molecule has 2 aromatic heterocycles. The van der Waals surface area contributed by atoms with Crippen LogP contribution in [0.2, 0.25) is 10.0 Å². The molecule has 0 aliphatic rings. The number of aromatic nitrogens is 4. The summed E-state index contributed by atoms with van der Waals surface area (Å²) in [5.41, 5.74) is 2.29. The first-order valence-electron chi connectivity index (χ1n) is 9.08. The number of nitrogens with zero attached hydrogens (tertiary/aromatic N) is 3. The molecule has 0 atom stereocenters. The van der Waals surface area contributed by atoms with E-state index in [-0.39, 0.29) is 23.8 Å². The molecule has 152 valence electrons. The van der Waals surface area contributed by atoms with Crippen molar-refractivity contribution in [3.05, 3.63) is 73.1 Å². The van der Waals surface area contributed by atoms with Crippen molar-refractivity contribution in [2.45, 2.75) is 40.2 Å². The minimum Gasteiger partial charge on any atom is -0.345 e. The minimum absolute atomic E-state index is 0.0223. The van der Waals surface area contributed by atoms with Crippen LogP contribution in [0.5, 0.6) is 0 Å². The maximum atomic E-state index is 12.7. The number of para-hydroxylation sites is 1. The fraction of sp³-hybridized carbons (Fsp3) is 0.300. The van der Waals surface area contributed by atoms with Gasteiger partial charge in [-0.1, -0.05) is 43.1 Å². The molecule has 3 aromatic rings. The maximum absolute atomic E-state index is 12.7. The van der Waals surface area contributed by atoms with E-state index in [2.05, 4.69) is 20.4 Å². The van der Waals surface area contributed by atoms with E-state index in [9.17, 15) is 9.59 Å². The number of aromatic amines is 1. The third kappa shape index (κ3) is 4.36. The van der Waals surface area contributed by atoms with E-state index >= 15 is 0 Å². The molecule has 0 radical (unpaired) electrons. The summed E-state index contributed by atoms with van der Waals surface area (Å²) in [4.78, 5) is 31.9. The van der Waals surface area contributed by atoms with Crippen LogP contribution in [0.25, 0.3) is 5.69 Å². The lowest BCUT2D eigenvalue weighted by Crippen LogP contribution is -2.28. The van der Waals surface area contributed by atoms with Gasteiger partial charge in [0.05, 0.1) is 10.0 Å². The third-order valence-corrected chi connectivity index (χ3v) is 5.03. The molecule has 0 bridgehead atoms. The monoisotopic (exact) mass is 433 g/mol. The van der Waals surface area contributed by atoms with Gasteiger partial charge in [-0.2, -0.15) is 0 Å². The summed E-state index contributed by atoms with van der Waals surface area (Å²) in [6, 6.07) is 6.98. The lowest BCUT2D eigenvalue weighted by molar-refractivity contribution is 0.0940. The van der Waals surface area contributed by atoms with Gasteiger partial charge < -0.3 is 10.3 Å². The molecule has 29 heavy (non-hydrogen) atoms. The Labute approximate surface area is 178 Å². The summed E-state index contributed by atoms with van der Waals surface area (Å²) in [5.74, 6) is 0.00664. The molecule has 1 aromatic carbocycles. The lowest BCUT2D eigenvalue weighted by Gasteiger charge is -2.11. The van der Waals surface area contributed by atoms with Gasteiger partial charge in [-0.25, -0.2) is 9.67 Å². The summed E-state index contributed by atoms with van der Waals surface area (Å²) < 4.78 is 1.49. The summed E-state index contributed by atoms with van der Waals surface area (Å²) in [6.45, 7) is 7.57. The highest BCUT2D eigenvalue weighted by atomic mass is 35.5. The molecule has 9 heteroatoms. The average molecular weight is 434 g/mol. The Hall–Kier alpha value is -2.64. The number of benzene rings is 1. The highest BCUT2D eigenvalue weighted by Crippen LogP contribution is 2.30. The van der Waals surface area contributed by atoms with Gasteiger partial charge in [0.2, 0.25) is 5.82 Å². The second kappa shape index (κ2) is 8.39. The number of carbonyl (C=O) groups is 1. The largest absolute Gasteiger partial charge is 0.345 e. The van der Waals surface area contributed by atoms with Gasteiger partial charge >= 0.3 is 0 Å². The number of H-pyrrole nitrogens is 1. The number of nitrogens with one attached hydrogen (secondary N) is 2. The third-order valence-electron chi connectivity index (χ3n) is 4.42. The van der Waals surface area contributed by atoms with Crippen molar-refractivity contribution in [1.82, 2.24) is 25.1 Å². The van der Waals surface area contributed by atoms with Crippen LogP contribution in [0.1, 0.15) is 53.0 Å². The molecular weight excluding hydrogens is 413 g/mol. The molecule has 0 spiro atoms. The standard InChI is InChI=1S/C20H21Cl2N5O2/c1-10(2)18-25-17(26-27(18)16-14(21)6-5-7-15(16)22)20(29)23-9-13-11(3)8-12(4)24-19(13)28/h5-8,10H,9H2,1-4H3,(H,23,29)(H,24,28). The molecule has 0 saturated carbocycles. The Morgan fingerprint density at radius 3 is 2.48 bits per heavy atom. The van der Waals surface area contributed by atoms with Crippen LogP contribution in [0, 0.1) is 13.8 Å². The fourth-order valence-corrected chi connectivity index (χ4v) is 3.56. The normalized spacial score (nSPS) is 11.1. The fourth-order valence-electron chi connectivity index (χ4n) is 3.00. The lowest BCUT2D eigenvalue weighted by atomic mass is 10.1. The molecular formula is C20H21Cl2N5O2. The molecule has 0 unspecified atom stereocenters. The smallest absolute Gasteiger partial charge is 0.291 e. The van der Waals surface area contributed by atoms with Crippen molar-refractivity contribution >= 4 is 29.1 Å². The van der Waals surface area contributed by atoms with Gasteiger partial charge in [0, 0.05) is 23.7 Å². The SMILES string of the molecule is Cc1cc(C)c(CNC(=O)c2nc(C(C)C)n(-c3c(Cl)cccc3Cl)n2)c(=O)[nH]1. The molecule has 0 fully saturated rings. The Bertz CT molecular complexity index is 1110. The first-order valence-corrected chi connectivity index (χ1v) is 9.83. The van der Waals surface area contributed by atoms with Crippen molar-refractivity contribution in [3.63, 3.8) is 0 Å². The number of amides is 1. The van der Waals surface area contributed by atoms with Gasteiger partial charge in [0.1, 0.15) is 11.5 Å². The summed E-state index contributed by atoms with van der Waals surface area (Å²) in [7, 11) is 0. The van der Waals surface area contributed by atoms with E-state index in [1.54, 1.807) is 25.1 Å². The van der Waals surface area contributed by atoms with Crippen LogP contribution < -0.4 is 10.9 Å². The highest BCUT2D eigenvalue weighted by Gasteiger charge is 2.22. The zero-order chi connectivity index (χ0) is 21.3. The van der Waals surface area contributed by atoms with Crippen molar-refractivity contribution in [3.8, 4) is 5.69 Å². The molecule has 2 heterocycles. The number of rotatable bonds is 5. The molecule has 0 saturated heterocycles. The second-order valence-electron chi connectivity index (χ2n) is 7.06. The Balaban J connectivity index is 1.92. The summed E-state index contributed by atoms with van der Waals surface area (Å²) in [6.07, 6.45) is 0. The number of pyridine rings is 1. The first kappa shape index (κ1) is 21.1. The average Bonchev–Trinajstić information content (AvgIpc) is 3.06. The number of aryl methyl sites for hydroxylation is 2. The quantitative estimate of drug-likeness (QED) is 0.637. The Morgan fingerprint density at radius 2 is 1.90 bits per heavy atom. The highest BCUT2D eigenvalue weighted by molar-refractivity contribution is 6.37. The van der Waals surface area contributed by atoms with Crippen molar-refractivity contribution in [2.24, 2.45) is 0 Å². The van der Waals surface area contributed by atoms with Gasteiger partial charge in [-0.05, 0) is 37.6 Å². The number of hydrogen-bond acceptors (Lipinski definition) is 4. The minimum atomic E-state index is -0.492. The zero-order valence-electron chi connectivity index (χ0n) is 16.5. The first-order chi connectivity index (χ1) is 13.7. The summed E-state index contributed by atoms with van der Waals surface area (Å²) in [5, 5.41) is 7.85. The molecule has 0 aliphatic heterocycles. The van der Waals surface area contributed by atoms with Crippen LogP contribution >= 0.6 is 23.2 Å². The predicted molar refractivity (Wildman–Crippen MR) is 113 cm³/mol. The van der Waals surface area contributed by atoms with Crippen molar-refractivity contribution in [2.75, 3.05) is 0 Å². The van der Waals surface area contributed by atoms with E-state index in [4.69, 9.17) is 23.2 Å². The van der Waals surface area contributed by atoms with E-state index in [1.165, 1.54) is 4.68 Å². The maximum Gasteiger partial charge on any atom is 0.291 e. The van der Waals surface area contributed by atoms with Crippen LogP contribution in [-0.2, 0) is 6.54 Å². The van der Waals surface area contributed by atoms with E-state index in [1.807, 2.05) is 26.8 Å². The van der Waals surface area contributed by atoms with Crippen LogP contribution in [0.3, 0.4) is 0 Å². The number of halogens is 2. The van der Waals surface area contributed by atoms with Crippen molar-refractivity contribution < 1.29 is 4.79 Å². The van der Waals surface area contributed by atoms with Crippen molar-refractivity contribution in [1.29, 1.82) is 0 Å². The Kier molecular flexibility index (Phi) is 6.10. The molecule has 7 nitrogen and oxygen atoms in total. The van der Waals surface area contributed by atoms with E-state index < -0.39 is 5.91 Å². The van der Waals surface area contributed by atoms with Crippen LogP contribution in [0.4, 0.5) is 0 Å². The Morgan fingerprint density at radius 1 is 1.24 bits per heavy atom. The van der Waals surface area contributed by atoms with Gasteiger partial charge in [-0.3, -0.25) is 9.59 Å². The predicted octanol–water partition coefficient (Wildman–Crippen LogP) is 3.93. The zero-order valence-corrected chi connectivity index (χ0v) is 18.0. The molecule has 2 N–H and O–H groups in total. The van der Waals surface area contributed by atoms with Gasteiger partial charge in [0.25, 0.3) is 11.5 Å². The molecule has 0 aliphatic carbocycles. The molecule has 1 amide bonds. The second-order valence-corrected chi connectivity index (χ2v) is 7.87. The van der Waals surface area contributed by atoms with Crippen LogP contribution in [0.15, 0.2) is 29.1 Å². The summed E-state index contributed by atoms with van der Waals surface area (Å²) >= 11 is 12.6. The van der Waals surface area contributed by atoms with Gasteiger partial charge in [0.15, 0.2) is 0 Å². The van der Waals surface area contributed by atoms with Crippen LogP contribution in [-0.4, -0.2) is 25.7 Å². The molecule has 3 rings (SSSR count). The topological polar surface area (TPSA) is 92.7 Å². The van der Waals surface area contributed by atoms with E-state index in [0.717, 1.165) is 11.3 Å².